The molecule has 6 heteroatoms. The number of benzene rings is 2. The van der Waals surface area contributed by atoms with E-state index in [1.165, 1.54) is 11.1 Å². The van der Waals surface area contributed by atoms with E-state index in [1.807, 2.05) is 37.3 Å². The second kappa shape index (κ2) is 6.87. The van der Waals surface area contributed by atoms with Crippen molar-refractivity contribution in [1.82, 2.24) is 14.7 Å². The molecule has 136 valence electrons. The highest BCUT2D eigenvalue weighted by Crippen LogP contribution is 2.27. The average Bonchev–Trinajstić information content (AvgIpc) is 3.04. The summed E-state index contributed by atoms with van der Waals surface area (Å²) in [4.78, 5) is 0.367. The van der Waals surface area contributed by atoms with Crippen molar-refractivity contribution in [3.8, 4) is 0 Å². The van der Waals surface area contributed by atoms with Crippen molar-refractivity contribution in [1.29, 1.82) is 0 Å². The minimum atomic E-state index is -3.45. The maximum absolute atomic E-state index is 12.9. The molecule has 2 aromatic rings. The molecule has 0 spiro atoms. The lowest BCUT2D eigenvalue weighted by Crippen LogP contribution is -2.39. The third-order valence-electron chi connectivity index (χ3n) is 4.97. The lowest BCUT2D eigenvalue weighted by Gasteiger charge is -2.27. The number of nitrogens with zero attached hydrogens (tertiary/aromatic N) is 2. The number of aryl methyl sites for hydroxylation is 1. The van der Waals surface area contributed by atoms with Crippen LogP contribution >= 0.6 is 0 Å². The second-order valence-corrected chi connectivity index (χ2v) is 8.88. The van der Waals surface area contributed by atoms with Gasteiger partial charge in [0.1, 0.15) is 0 Å². The van der Waals surface area contributed by atoms with E-state index >= 15 is 0 Å². The summed E-state index contributed by atoms with van der Waals surface area (Å²) >= 11 is 0. The Balaban J connectivity index is 1.45. The lowest BCUT2D eigenvalue weighted by molar-refractivity contribution is 0.245. The zero-order valence-electron chi connectivity index (χ0n) is 14.9. The summed E-state index contributed by atoms with van der Waals surface area (Å²) in [5, 5.41) is 2.15. The van der Waals surface area contributed by atoms with E-state index in [2.05, 4.69) is 22.6 Å². The molecule has 4 rings (SSSR count). The van der Waals surface area contributed by atoms with Crippen molar-refractivity contribution in [3.63, 3.8) is 0 Å². The van der Waals surface area contributed by atoms with Crippen molar-refractivity contribution in [3.05, 3.63) is 77.0 Å². The van der Waals surface area contributed by atoms with Crippen LogP contribution < -0.4 is 5.43 Å². The van der Waals surface area contributed by atoms with E-state index < -0.39 is 10.0 Å². The molecule has 5 nitrogen and oxygen atoms in total. The first-order chi connectivity index (χ1) is 12.5. The Hall–Kier alpha value is -2.15. The van der Waals surface area contributed by atoms with Gasteiger partial charge in [-0.25, -0.2) is 13.4 Å². The highest BCUT2D eigenvalue weighted by molar-refractivity contribution is 7.89. The number of hydrazine groups is 1. The Kier molecular flexibility index (Phi) is 4.56. The smallest absolute Gasteiger partial charge is 0.243 e. The van der Waals surface area contributed by atoms with Crippen LogP contribution in [0.15, 0.2) is 70.8 Å². The minimum absolute atomic E-state index is 0.367. The molecule has 2 aliphatic heterocycles. The number of hydrogen-bond donors (Lipinski definition) is 1. The lowest BCUT2D eigenvalue weighted by atomic mass is 10.1. The first-order valence-electron chi connectivity index (χ1n) is 8.85. The maximum atomic E-state index is 12.9. The van der Waals surface area contributed by atoms with Gasteiger partial charge in [-0.05, 0) is 36.6 Å². The summed E-state index contributed by atoms with van der Waals surface area (Å²) < 4.78 is 27.4. The van der Waals surface area contributed by atoms with Crippen LogP contribution in [0.1, 0.15) is 17.5 Å². The molecular weight excluding hydrogens is 346 g/mol. The summed E-state index contributed by atoms with van der Waals surface area (Å²) in [6.45, 7) is 4.56. The van der Waals surface area contributed by atoms with Gasteiger partial charge in [0, 0.05) is 25.3 Å². The summed E-state index contributed by atoms with van der Waals surface area (Å²) in [6.07, 6.45) is 0.777. The zero-order valence-corrected chi connectivity index (χ0v) is 15.7. The Morgan fingerprint density at radius 2 is 1.73 bits per heavy atom. The Morgan fingerprint density at radius 3 is 2.46 bits per heavy atom. The van der Waals surface area contributed by atoms with Gasteiger partial charge in [-0.15, -0.1) is 0 Å². The van der Waals surface area contributed by atoms with Gasteiger partial charge in [-0.1, -0.05) is 48.0 Å². The third kappa shape index (κ3) is 3.40. The van der Waals surface area contributed by atoms with Crippen LogP contribution in [0.4, 0.5) is 0 Å². The molecule has 0 radical (unpaired) electrons. The number of sulfonamides is 1. The fraction of sp³-hybridized carbons (Fsp3) is 0.300. The summed E-state index contributed by atoms with van der Waals surface area (Å²) in [5.41, 5.74) is 8.05. The van der Waals surface area contributed by atoms with E-state index in [9.17, 15) is 8.42 Å². The largest absolute Gasteiger partial charge is 0.321 e. The maximum Gasteiger partial charge on any atom is 0.243 e. The Labute approximate surface area is 155 Å². The van der Waals surface area contributed by atoms with Crippen LogP contribution in [0, 0.1) is 6.92 Å². The van der Waals surface area contributed by atoms with Crippen LogP contribution in [0.25, 0.3) is 0 Å². The van der Waals surface area contributed by atoms with Gasteiger partial charge in [-0.2, -0.15) is 4.31 Å². The molecule has 0 saturated heterocycles. The Bertz CT molecular complexity index is 921. The van der Waals surface area contributed by atoms with Crippen LogP contribution in [0.5, 0.6) is 0 Å². The molecule has 0 unspecified atom stereocenters. The van der Waals surface area contributed by atoms with Gasteiger partial charge < -0.3 is 5.43 Å². The van der Waals surface area contributed by atoms with E-state index in [1.54, 1.807) is 16.4 Å². The molecule has 0 bridgehead atoms. The molecule has 0 fully saturated rings. The van der Waals surface area contributed by atoms with Crippen LogP contribution in [-0.2, 0) is 16.6 Å². The van der Waals surface area contributed by atoms with Gasteiger partial charge >= 0.3 is 0 Å². The van der Waals surface area contributed by atoms with E-state index in [0.717, 1.165) is 30.8 Å². The van der Waals surface area contributed by atoms with Gasteiger partial charge in [0.25, 0.3) is 0 Å². The van der Waals surface area contributed by atoms with E-state index in [-0.39, 0.29) is 0 Å². The molecule has 0 atom stereocenters. The Morgan fingerprint density at radius 1 is 1.00 bits per heavy atom. The highest BCUT2D eigenvalue weighted by Gasteiger charge is 2.33. The third-order valence-corrected chi connectivity index (χ3v) is 6.83. The predicted octanol–water partition coefficient (Wildman–Crippen LogP) is 2.66. The number of hydrogen-bond acceptors (Lipinski definition) is 4. The number of rotatable bonds is 4. The first-order valence-corrected chi connectivity index (χ1v) is 10.3. The molecule has 2 aliphatic rings. The van der Waals surface area contributed by atoms with Crippen LogP contribution in [0.3, 0.4) is 0 Å². The average molecular weight is 369 g/mol. The van der Waals surface area contributed by atoms with E-state index in [0.29, 0.717) is 18.0 Å². The molecule has 26 heavy (non-hydrogen) atoms. The summed E-state index contributed by atoms with van der Waals surface area (Å²) in [7, 11) is -3.45. The predicted molar refractivity (Wildman–Crippen MR) is 102 cm³/mol. The normalized spacial score (nSPS) is 18.7. The summed E-state index contributed by atoms with van der Waals surface area (Å²) in [6, 6.07) is 17.4. The van der Waals surface area contributed by atoms with Gasteiger partial charge in [0.05, 0.1) is 11.4 Å². The fourth-order valence-electron chi connectivity index (χ4n) is 3.49. The minimum Gasteiger partial charge on any atom is -0.321 e. The second-order valence-electron chi connectivity index (χ2n) is 6.94. The SMILES string of the molecule is Cc1ccc(S(=O)(=O)N2CCC3=C(C2)NN(Cc2ccccc2)C3)cc1. The van der Waals surface area contributed by atoms with Crippen molar-refractivity contribution in [2.24, 2.45) is 0 Å². The molecular formula is C20H23N3O2S. The molecule has 0 aliphatic carbocycles. The molecule has 0 saturated carbocycles. The fourth-order valence-corrected chi connectivity index (χ4v) is 4.90. The molecule has 2 aromatic carbocycles. The van der Waals surface area contributed by atoms with Gasteiger partial charge in [-0.3, -0.25) is 0 Å². The van der Waals surface area contributed by atoms with Gasteiger partial charge in [0.2, 0.25) is 10.0 Å². The van der Waals surface area contributed by atoms with Crippen LogP contribution in [0.2, 0.25) is 0 Å². The summed E-state index contributed by atoms with van der Waals surface area (Å²) in [5.74, 6) is 0. The topological polar surface area (TPSA) is 52.7 Å². The highest BCUT2D eigenvalue weighted by atomic mass is 32.2. The zero-order chi connectivity index (χ0) is 18.1. The monoisotopic (exact) mass is 369 g/mol. The van der Waals surface area contributed by atoms with Crippen molar-refractivity contribution < 1.29 is 8.42 Å². The first kappa shape index (κ1) is 17.3. The number of nitrogens with one attached hydrogen (secondary N) is 1. The van der Waals surface area contributed by atoms with Gasteiger partial charge in [0.15, 0.2) is 0 Å². The molecule has 1 N–H and O–H groups in total. The molecule has 2 heterocycles. The molecule has 0 amide bonds. The van der Waals surface area contributed by atoms with Crippen LogP contribution in [-0.4, -0.2) is 37.4 Å². The van der Waals surface area contributed by atoms with Crippen molar-refractivity contribution in [2.75, 3.05) is 19.6 Å². The molecule has 0 aromatic heterocycles. The van der Waals surface area contributed by atoms with E-state index in [4.69, 9.17) is 0 Å². The van der Waals surface area contributed by atoms with Crippen molar-refractivity contribution >= 4 is 10.0 Å². The van der Waals surface area contributed by atoms with Crippen molar-refractivity contribution in [2.45, 2.75) is 24.8 Å². The standard InChI is InChI=1S/C20H23N3O2S/c1-16-7-9-19(10-8-16)26(24,25)23-12-11-18-14-22(21-20(18)15-23)13-17-5-3-2-4-6-17/h2-10,21H,11-15H2,1H3. The quantitative estimate of drug-likeness (QED) is 0.900.